The first-order valence-corrected chi connectivity index (χ1v) is 18.2. The van der Waals surface area contributed by atoms with Crippen LogP contribution in [0.3, 0.4) is 0 Å². The molecule has 4 atom stereocenters. The molecule has 0 aliphatic heterocycles. The summed E-state index contributed by atoms with van der Waals surface area (Å²) in [4.78, 5) is 44.1. The fourth-order valence-corrected chi connectivity index (χ4v) is 5.66. The van der Waals surface area contributed by atoms with Crippen LogP contribution in [0.15, 0.2) is 95.5 Å². The van der Waals surface area contributed by atoms with Crippen LogP contribution in [0.4, 0.5) is 5.69 Å². The van der Waals surface area contributed by atoms with E-state index in [1.807, 2.05) is 32.0 Å². The third-order valence-corrected chi connectivity index (χ3v) is 8.41. The third kappa shape index (κ3) is 13.7. The van der Waals surface area contributed by atoms with Gasteiger partial charge in [-0.05, 0) is 65.1 Å². The number of hydrogen-bond acceptors (Lipinski definition) is 8. The molecule has 7 N–H and O–H groups in total. The van der Waals surface area contributed by atoms with E-state index in [-0.39, 0.29) is 31.6 Å². The molecular formula is C36H46N8O5S. The van der Waals surface area contributed by atoms with Crippen molar-refractivity contribution in [2.75, 3.05) is 12.0 Å². The summed E-state index contributed by atoms with van der Waals surface area (Å²) in [6, 6.07) is 19.2. The van der Waals surface area contributed by atoms with Crippen molar-refractivity contribution in [3.8, 4) is 0 Å². The van der Waals surface area contributed by atoms with Crippen LogP contribution in [0.25, 0.3) is 10.4 Å². The maximum atomic E-state index is 14.0. The standard InChI is InChI=1S/C36H46N8O5S/c1-24(2)19-31(34(45)40-30(17-18-50(3,48)49)20-26-13-15-29(38)16-14-26)41-35(46)32(21-27-9-11-28(23-37)12-10-27)42-36(47)33(43-44-39)22-25-7-5-4-6-8-25/h4-18,24,30-33H,19-23,37-38H2,1-3H3,(H,40,45)(H,41,46)(H,42,47)/b18-17+/t30-,31+,32+,33?/m1/s1. The summed E-state index contributed by atoms with van der Waals surface area (Å²) < 4.78 is 23.9. The van der Waals surface area contributed by atoms with Crippen molar-refractivity contribution in [1.29, 1.82) is 0 Å². The second kappa shape index (κ2) is 19.1. The van der Waals surface area contributed by atoms with Crippen LogP contribution in [-0.4, -0.2) is 56.6 Å². The Kier molecular flexibility index (Phi) is 15.0. The first kappa shape index (κ1) is 39.3. The van der Waals surface area contributed by atoms with Crippen LogP contribution >= 0.6 is 0 Å². The van der Waals surface area contributed by atoms with Gasteiger partial charge in [-0.3, -0.25) is 14.4 Å². The Labute approximate surface area is 293 Å². The van der Waals surface area contributed by atoms with Crippen molar-refractivity contribution in [1.82, 2.24) is 16.0 Å². The zero-order valence-corrected chi connectivity index (χ0v) is 29.3. The van der Waals surface area contributed by atoms with E-state index in [4.69, 9.17) is 11.5 Å². The number of nitrogens with two attached hydrogens (primary N) is 2. The SMILES string of the molecule is CC(C)C[C@H](NC(=O)[C@H](Cc1ccc(CN)cc1)NC(=O)C(Cc1ccccc1)N=[N+]=[N-])C(=O)N[C@H](/C=C/S(C)(=O)=O)Cc1ccc(N)cc1. The smallest absolute Gasteiger partial charge is 0.243 e. The maximum absolute atomic E-state index is 14.0. The number of sulfone groups is 1. The van der Waals surface area contributed by atoms with Crippen LogP contribution in [0, 0.1) is 5.92 Å². The topological polar surface area (TPSA) is 222 Å². The highest BCUT2D eigenvalue weighted by molar-refractivity contribution is 7.93. The van der Waals surface area contributed by atoms with Gasteiger partial charge in [0, 0.05) is 35.2 Å². The summed E-state index contributed by atoms with van der Waals surface area (Å²) >= 11 is 0. The molecule has 0 aliphatic rings. The molecule has 0 saturated heterocycles. The molecule has 1 unspecified atom stereocenters. The molecule has 3 aromatic rings. The molecule has 3 amide bonds. The quantitative estimate of drug-likeness (QED) is 0.0574. The van der Waals surface area contributed by atoms with E-state index in [0.29, 0.717) is 12.2 Å². The highest BCUT2D eigenvalue weighted by Gasteiger charge is 2.30. The Morgan fingerprint density at radius 1 is 0.780 bits per heavy atom. The van der Waals surface area contributed by atoms with Crippen LogP contribution in [0.5, 0.6) is 0 Å². The molecule has 0 radical (unpaired) electrons. The molecule has 0 heterocycles. The molecule has 14 heteroatoms. The molecule has 3 aromatic carbocycles. The summed E-state index contributed by atoms with van der Waals surface area (Å²) in [5.41, 5.74) is 24.5. The van der Waals surface area contributed by atoms with Gasteiger partial charge in [-0.1, -0.05) is 91.8 Å². The van der Waals surface area contributed by atoms with Gasteiger partial charge in [-0.15, -0.1) is 0 Å². The third-order valence-electron chi connectivity index (χ3n) is 7.76. The Morgan fingerprint density at radius 3 is 1.90 bits per heavy atom. The Morgan fingerprint density at radius 2 is 1.32 bits per heavy atom. The first-order chi connectivity index (χ1) is 23.8. The summed E-state index contributed by atoms with van der Waals surface area (Å²) in [6.45, 7) is 4.13. The van der Waals surface area contributed by atoms with Crippen LogP contribution in [0.1, 0.15) is 42.5 Å². The minimum atomic E-state index is -3.50. The van der Waals surface area contributed by atoms with E-state index in [1.165, 1.54) is 6.08 Å². The number of nitrogens with zero attached hydrogens (tertiary/aromatic N) is 3. The summed E-state index contributed by atoms with van der Waals surface area (Å²) in [7, 11) is -3.50. The number of hydrogen-bond donors (Lipinski definition) is 5. The fourth-order valence-electron chi connectivity index (χ4n) is 5.18. The number of nitrogens with one attached hydrogen (secondary N) is 3. The van der Waals surface area contributed by atoms with Crippen molar-refractivity contribution < 1.29 is 22.8 Å². The van der Waals surface area contributed by atoms with Crippen molar-refractivity contribution >= 4 is 33.2 Å². The van der Waals surface area contributed by atoms with Gasteiger partial charge in [-0.2, -0.15) is 0 Å². The highest BCUT2D eigenvalue weighted by Crippen LogP contribution is 2.14. The maximum Gasteiger partial charge on any atom is 0.243 e. The summed E-state index contributed by atoms with van der Waals surface area (Å²) in [6.07, 6.45) is 3.16. The van der Waals surface area contributed by atoms with Gasteiger partial charge in [-0.25, -0.2) is 8.42 Å². The van der Waals surface area contributed by atoms with Gasteiger partial charge in [0.05, 0.1) is 6.04 Å². The lowest BCUT2D eigenvalue weighted by Crippen LogP contribution is -2.56. The minimum absolute atomic E-state index is 0.0229. The molecule has 0 fully saturated rings. The molecular weight excluding hydrogens is 657 g/mol. The molecule has 0 spiro atoms. The molecule has 0 bridgehead atoms. The second-order valence-corrected chi connectivity index (χ2v) is 14.5. The van der Waals surface area contributed by atoms with Gasteiger partial charge < -0.3 is 27.4 Å². The number of rotatable bonds is 18. The van der Waals surface area contributed by atoms with Gasteiger partial charge in [0.15, 0.2) is 9.84 Å². The van der Waals surface area contributed by atoms with E-state index in [0.717, 1.165) is 33.9 Å². The Balaban J connectivity index is 1.88. The number of carbonyl (C=O) groups is 3. The lowest BCUT2D eigenvalue weighted by molar-refractivity contribution is -0.132. The minimum Gasteiger partial charge on any atom is -0.399 e. The Hall–Kier alpha value is -5.17. The number of azide groups is 1. The molecule has 266 valence electrons. The lowest BCUT2D eigenvalue weighted by atomic mass is 9.99. The van der Waals surface area contributed by atoms with Gasteiger partial charge in [0.2, 0.25) is 17.7 Å². The van der Waals surface area contributed by atoms with E-state index in [9.17, 15) is 28.3 Å². The highest BCUT2D eigenvalue weighted by atomic mass is 32.2. The average Bonchev–Trinajstić information content (AvgIpc) is 3.07. The van der Waals surface area contributed by atoms with Crippen molar-refractivity contribution in [2.45, 2.75) is 70.2 Å². The second-order valence-electron chi connectivity index (χ2n) is 12.6. The molecule has 0 aliphatic carbocycles. The first-order valence-electron chi connectivity index (χ1n) is 16.3. The zero-order chi connectivity index (χ0) is 36.7. The van der Waals surface area contributed by atoms with Crippen LogP contribution in [0.2, 0.25) is 0 Å². The monoisotopic (exact) mass is 702 g/mol. The van der Waals surface area contributed by atoms with Gasteiger partial charge >= 0.3 is 0 Å². The predicted molar refractivity (Wildman–Crippen MR) is 195 cm³/mol. The van der Waals surface area contributed by atoms with E-state index < -0.39 is 51.7 Å². The average molecular weight is 703 g/mol. The number of benzene rings is 3. The molecule has 50 heavy (non-hydrogen) atoms. The van der Waals surface area contributed by atoms with E-state index in [2.05, 4.69) is 26.0 Å². The van der Waals surface area contributed by atoms with Crippen LogP contribution in [-0.2, 0) is 50.0 Å². The molecule has 0 aromatic heterocycles. The normalized spacial score (nSPS) is 13.9. The number of carbonyl (C=O) groups excluding carboxylic acids is 3. The van der Waals surface area contributed by atoms with Crippen LogP contribution < -0.4 is 27.4 Å². The van der Waals surface area contributed by atoms with E-state index in [1.54, 1.807) is 60.7 Å². The van der Waals surface area contributed by atoms with E-state index >= 15 is 0 Å². The number of nitrogen functional groups attached to an aromatic ring is 1. The van der Waals surface area contributed by atoms with Crippen molar-refractivity contribution in [3.63, 3.8) is 0 Å². The van der Waals surface area contributed by atoms with Gasteiger partial charge in [0.1, 0.15) is 18.1 Å². The van der Waals surface area contributed by atoms with Crippen molar-refractivity contribution in [2.24, 2.45) is 16.8 Å². The summed E-state index contributed by atoms with van der Waals surface area (Å²) in [5, 5.41) is 13.2. The number of anilines is 1. The van der Waals surface area contributed by atoms with Gasteiger partial charge in [0.25, 0.3) is 0 Å². The lowest BCUT2D eigenvalue weighted by Gasteiger charge is -2.26. The fraction of sp³-hybridized carbons (Fsp3) is 0.361. The zero-order valence-electron chi connectivity index (χ0n) is 28.5. The molecule has 3 rings (SSSR count). The predicted octanol–water partition coefficient (Wildman–Crippen LogP) is 3.49. The largest absolute Gasteiger partial charge is 0.399 e. The molecule has 0 saturated carbocycles. The molecule has 13 nitrogen and oxygen atoms in total. The Bertz CT molecular complexity index is 1760. The van der Waals surface area contributed by atoms with Crippen molar-refractivity contribution in [3.05, 3.63) is 123 Å². The summed E-state index contributed by atoms with van der Waals surface area (Å²) in [5.74, 6) is -1.82. The number of amides is 3.